The van der Waals surface area contributed by atoms with Crippen molar-refractivity contribution >= 4 is 17.7 Å². The Morgan fingerprint density at radius 2 is 1.88 bits per heavy atom. The lowest BCUT2D eigenvalue weighted by Gasteiger charge is -2.21. The molecule has 0 aliphatic heterocycles. The maximum Gasteiger partial charge on any atom is 0.408 e. The number of carbonyl (C=O) groups excluding carboxylic acids is 2. The number of hydrogen-bond donors (Lipinski definition) is 2. The predicted octanol–water partition coefficient (Wildman–Crippen LogP) is 2.72. The van der Waals surface area contributed by atoms with Crippen LogP contribution < -0.4 is 10.6 Å². The van der Waals surface area contributed by atoms with E-state index in [1.54, 1.807) is 52.4 Å². The number of rotatable bonds is 4. The average molecular weight is 330 g/mol. The minimum absolute atomic E-state index is 0.323. The molecule has 24 heavy (non-hydrogen) atoms. The number of carbonyl (C=O) groups is 2. The summed E-state index contributed by atoms with van der Waals surface area (Å²) >= 11 is 0. The summed E-state index contributed by atoms with van der Waals surface area (Å²) in [6.45, 7) is 6.89. The molecule has 1 atom stereocenters. The quantitative estimate of drug-likeness (QED) is 0.902. The predicted molar refractivity (Wildman–Crippen MR) is 91.0 cm³/mol. The molecule has 0 aliphatic rings. The number of nitrogens with zero attached hydrogens (tertiary/aromatic N) is 2. The highest BCUT2D eigenvalue weighted by Gasteiger charge is 2.21. The molecule has 1 aromatic carbocycles. The van der Waals surface area contributed by atoms with Crippen LogP contribution in [0.2, 0.25) is 0 Å². The third-order valence-corrected chi connectivity index (χ3v) is 3.06. The van der Waals surface area contributed by atoms with Crippen molar-refractivity contribution in [2.75, 3.05) is 5.32 Å². The van der Waals surface area contributed by atoms with Crippen molar-refractivity contribution in [1.82, 2.24) is 14.9 Å². The summed E-state index contributed by atoms with van der Waals surface area (Å²) in [5.41, 5.74) is 0.968. The number of aromatic nitrogens is 2. The summed E-state index contributed by atoms with van der Waals surface area (Å²) in [6, 6.07) is 6.58. The van der Waals surface area contributed by atoms with Gasteiger partial charge in [0.05, 0.1) is 6.33 Å². The van der Waals surface area contributed by atoms with Crippen molar-refractivity contribution in [3.8, 4) is 5.69 Å². The molecule has 2 aromatic rings. The third kappa shape index (κ3) is 5.12. The van der Waals surface area contributed by atoms with Gasteiger partial charge in [-0.05, 0) is 52.0 Å². The van der Waals surface area contributed by atoms with Gasteiger partial charge in [0.15, 0.2) is 0 Å². The van der Waals surface area contributed by atoms with Crippen LogP contribution in [0.1, 0.15) is 27.7 Å². The highest BCUT2D eigenvalue weighted by atomic mass is 16.6. The Kier molecular flexibility index (Phi) is 5.23. The van der Waals surface area contributed by atoms with Gasteiger partial charge in [-0.3, -0.25) is 4.79 Å². The number of benzene rings is 1. The molecule has 1 aromatic heterocycles. The molecule has 7 heteroatoms. The van der Waals surface area contributed by atoms with Gasteiger partial charge >= 0.3 is 6.09 Å². The topological polar surface area (TPSA) is 85.2 Å². The number of amides is 2. The highest BCUT2D eigenvalue weighted by molar-refractivity contribution is 5.96. The maximum absolute atomic E-state index is 12.1. The van der Waals surface area contributed by atoms with Crippen LogP contribution in [0.5, 0.6) is 0 Å². The monoisotopic (exact) mass is 330 g/mol. The maximum atomic E-state index is 12.1. The second-order valence-corrected chi connectivity index (χ2v) is 6.37. The van der Waals surface area contributed by atoms with Gasteiger partial charge in [-0.2, -0.15) is 0 Å². The Morgan fingerprint density at radius 1 is 1.21 bits per heavy atom. The fraction of sp³-hybridized carbons (Fsp3) is 0.353. The number of nitrogens with one attached hydrogen (secondary N) is 2. The normalized spacial score (nSPS) is 12.3. The van der Waals surface area contributed by atoms with E-state index in [1.165, 1.54) is 0 Å². The molecule has 128 valence electrons. The first-order valence-corrected chi connectivity index (χ1v) is 7.63. The molecular weight excluding hydrogens is 308 g/mol. The first-order chi connectivity index (χ1) is 11.2. The van der Waals surface area contributed by atoms with E-state index in [0.717, 1.165) is 5.69 Å². The molecule has 0 saturated heterocycles. The van der Waals surface area contributed by atoms with E-state index in [4.69, 9.17) is 4.74 Å². The molecule has 0 radical (unpaired) electrons. The third-order valence-electron chi connectivity index (χ3n) is 3.06. The van der Waals surface area contributed by atoms with Crippen LogP contribution in [-0.4, -0.2) is 33.2 Å². The van der Waals surface area contributed by atoms with Gasteiger partial charge in [0.1, 0.15) is 11.6 Å². The second-order valence-electron chi connectivity index (χ2n) is 6.37. The lowest BCUT2D eigenvalue weighted by atomic mass is 10.2. The van der Waals surface area contributed by atoms with Gasteiger partial charge in [-0.1, -0.05) is 0 Å². The van der Waals surface area contributed by atoms with Crippen LogP contribution in [0.3, 0.4) is 0 Å². The minimum atomic E-state index is -0.715. The second kappa shape index (κ2) is 7.16. The van der Waals surface area contributed by atoms with Gasteiger partial charge in [-0.15, -0.1) is 0 Å². The SMILES string of the molecule is CC(NC(=O)OC(C)(C)C)C(=O)Nc1ccc(-n2ccnc2)cc1. The molecule has 0 saturated carbocycles. The summed E-state index contributed by atoms with van der Waals surface area (Å²) in [7, 11) is 0. The van der Waals surface area contributed by atoms with E-state index in [0.29, 0.717) is 5.69 Å². The summed E-state index contributed by atoms with van der Waals surface area (Å²) < 4.78 is 6.99. The van der Waals surface area contributed by atoms with Crippen LogP contribution in [0.15, 0.2) is 43.0 Å². The smallest absolute Gasteiger partial charge is 0.408 e. The molecule has 1 unspecified atom stereocenters. The van der Waals surface area contributed by atoms with E-state index in [-0.39, 0.29) is 5.91 Å². The van der Waals surface area contributed by atoms with Crippen LogP contribution in [-0.2, 0) is 9.53 Å². The molecule has 0 fully saturated rings. The number of alkyl carbamates (subject to hydrolysis) is 1. The van der Waals surface area contributed by atoms with E-state index in [2.05, 4.69) is 15.6 Å². The van der Waals surface area contributed by atoms with Crippen molar-refractivity contribution in [1.29, 1.82) is 0 Å². The molecule has 2 N–H and O–H groups in total. The summed E-state index contributed by atoms with van der Waals surface area (Å²) in [5.74, 6) is -0.323. The zero-order valence-corrected chi connectivity index (χ0v) is 14.2. The largest absolute Gasteiger partial charge is 0.444 e. The summed E-state index contributed by atoms with van der Waals surface area (Å²) in [4.78, 5) is 27.8. The number of imidazole rings is 1. The standard InChI is InChI=1S/C17H22N4O3/c1-12(19-16(23)24-17(2,3)4)15(22)20-13-5-7-14(8-6-13)21-10-9-18-11-21/h5-12H,1-4H3,(H,19,23)(H,20,22). The molecule has 2 amide bonds. The fourth-order valence-corrected chi connectivity index (χ4v) is 1.93. The lowest BCUT2D eigenvalue weighted by Crippen LogP contribution is -2.43. The van der Waals surface area contributed by atoms with Crippen LogP contribution in [0.4, 0.5) is 10.5 Å². The molecular formula is C17H22N4O3. The Labute approximate surface area is 141 Å². The van der Waals surface area contributed by atoms with Gasteiger partial charge in [-0.25, -0.2) is 9.78 Å². The molecule has 7 nitrogen and oxygen atoms in total. The Morgan fingerprint density at radius 3 is 2.42 bits per heavy atom. The first kappa shape index (κ1) is 17.5. The van der Waals surface area contributed by atoms with Crippen LogP contribution in [0, 0.1) is 0 Å². The molecule has 2 rings (SSSR count). The highest BCUT2D eigenvalue weighted by Crippen LogP contribution is 2.13. The lowest BCUT2D eigenvalue weighted by molar-refractivity contribution is -0.117. The summed E-state index contributed by atoms with van der Waals surface area (Å²) in [6.07, 6.45) is 4.60. The van der Waals surface area contributed by atoms with Crippen molar-refractivity contribution in [3.05, 3.63) is 43.0 Å². The van der Waals surface area contributed by atoms with Crippen LogP contribution >= 0.6 is 0 Å². The van der Waals surface area contributed by atoms with Gasteiger partial charge in [0, 0.05) is 23.8 Å². The Hall–Kier alpha value is -2.83. The van der Waals surface area contributed by atoms with E-state index in [9.17, 15) is 9.59 Å². The molecule has 1 heterocycles. The first-order valence-electron chi connectivity index (χ1n) is 7.63. The van der Waals surface area contributed by atoms with Crippen molar-refractivity contribution in [2.45, 2.75) is 39.3 Å². The van der Waals surface area contributed by atoms with Crippen LogP contribution in [0.25, 0.3) is 5.69 Å². The molecule has 0 bridgehead atoms. The van der Waals surface area contributed by atoms with Gasteiger partial charge < -0.3 is 19.9 Å². The van der Waals surface area contributed by atoms with Crippen molar-refractivity contribution in [2.24, 2.45) is 0 Å². The van der Waals surface area contributed by atoms with E-state index >= 15 is 0 Å². The average Bonchev–Trinajstić information content (AvgIpc) is 3.00. The zero-order valence-electron chi connectivity index (χ0n) is 14.2. The molecule has 0 spiro atoms. The van der Waals surface area contributed by atoms with Crippen molar-refractivity contribution in [3.63, 3.8) is 0 Å². The zero-order chi connectivity index (χ0) is 17.7. The van der Waals surface area contributed by atoms with E-state index < -0.39 is 17.7 Å². The Bertz CT molecular complexity index is 688. The number of ether oxygens (including phenoxy) is 1. The fourth-order valence-electron chi connectivity index (χ4n) is 1.93. The Balaban J connectivity index is 1.90. The number of hydrogen-bond acceptors (Lipinski definition) is 4. The van der Waals surface area contributed by atoms with E-state index in [1.807, 2.05) is 22.9 Å². The van der Waals surface area contributed by atoms with Gasteiger partial charge in [0.25, 0.3) is 0 Å². The summed E-state index contributed by atoms with van der Waals surface area (Å²) in [5, 5.41) is 5.25. The van der Waals surface area contributed by atoms with Crippen molar-refractivity contribution < 1.29 is 14.3 Å². The number of anilines is 1. The van der Waals surface area contributed by atoms with Gasteiger partial charge in [0.2, 0.25) is 5.91 Å². The minimum Gasteiger partial charge on any atom is -0.444 e. The molecule has 0 aliphatic carbocycles.